The summed E-state index contributed by atoms with van der Waals surface area (Å²) in [7, 11) is 0. The summed E-state index contributed by atoms with van der Waals surface area (Å²) in [6.07, 6.45) is -5.48. The van der Waals surface area contributed by atoms with Gasteiger partial charge in [0.1, 0.15) is 12.2 Å². The predicted molar refractivity (Wildman–Crippen MR) is 134 cm³/mol. The number of benzene rings is 3. The highest BCUT2D eigenvalue weighted by atomic mass is 19.4. The molecule has 1 N–H and O–H groups in total. The molecule has 196 valence electrons. The van der Waals surface area contributed by atoms with Crippen molar-refractivity contribution in [1.29, 1.82) is 0 Å². The van der Waals surface area contributed by atoms with Gasteiger partial charge in [0.05, 0.1) is 32.5 Å². The van der Waals surface area contributed by atoms with E-state index in [2.05, 4.69) is 11.9 Å². The first kappa shape index (κ1) is 28.1. The van der Waals surface area contributed by atoms with Crippen LogP contribution in [0.1, 0.15) is 16.7 Å². The van der Waals surface area contributed by atoms with Crippen LogP contribution < -0.4 is 5.32 Å². The maximum atomic E-state index is 13.2. The molecule has 0 aromatic heterocycles. The molecule has 3 atom stereocenters. The second-order valence-electron chi connectivity index (χ2n) is 8.34. The molecule has 0 fully saturated rings. The molecule has 0 unspecified atom stereocenters. The number of halogens is 3. The van der Waals surface area contributed by atoms with Crippen molar-refractivity contribution in [3.05, 3.63) is 120 Å². The van der Waals surface area contributed by atoms with Gasteiger partial charge >= 0.3 is 12.1 Å². The Hall–Kier alpha value is -3.46. The zero-order chi connectivity index (χ0) is 26.5. The smallest absolute Gasteiger partial charge is 0.375 e. The number of amides is 1. The first-order chi connectivity index (χ1) is 17.9. The molecule has 0 aliphatic carbocycles. The van der Waals surface area contributed by atoms with Gasteiger partial charge in [0, 0.05) is 0 Å². The molecule has 0 aliphatic heterocycles. The Kier molecular flexibility index (Phi) is 10.9. The van der Waals surface area contributed by atoms with Crippen LogP contribution in [0.3, 0.4) is 0 Å². The number of hydrogen-bond acceptors (Lipinski definition) is 4. The number of rotatable bonds is 14. The number of alkyl halides is 3. The van der Waals surface area contributed by atoms with Gasteiger partial charge in [-0.05, 0) is 16.7 Å². The zero-order valence-corrected chi connectivity index (χ0v) is 20.3. The molecule has 0 saturated heterocycles. The van der Waals surface area contributed by atoms with E-state index in [-0.39, 0.29) is 26.4 Å². The van der Waals surface area contributed by atoms with Crippen LogP contribution in [0.15, 0.2) is 104 Å². The van der Waals surface area contributed by atoms with Gasteiger partial charge in [-0.15, -0.1) is 6.58 Å². The third-order valence-electron chi connectivity index (χ3n) is 5.51. The highest BCUT2D eigenvalue weighted by Gasteiger charge is 2.42. The minimum absolute atomic E-state index is 0.0849. The van der Waals surface area contributed by atoms with E-state index in [0.717, 1.165) is 16.7 Å². The molecule has 0 heterocycles. The maximum Gasteiger partial charge on any atom is 0.471 e. The SMILES string of the molecule is C=C[C@H](OCc1ccccc1)[C@@H](OCc1ccccc1)[C@@H](COCc1ccccc1)NC(=O)C(F)(F)F. The van der Waals surface area contributed by atoms with E-state index in [0.29, 0.717) is 0 Å². The number of carbonyl (C=O) groups excluding carboxylic acids is 1. The van der Waals surface area contributed by atoms with Crippen LogP contribution in [0.4, 0.5) is 13.2 Å². The summed E-state index contributed by atoms with van der Waals surface area (Å²) in [5, 5.41) is 2.05. The van der Waals surface area contributed by atoms with Crippen LogP contribution in [-0.2, 0) is 38.8 Å². The summed E-state index contributed by atoms with van der Waals surface area (Å²) in [6.45, 7) is 3.97. The van der Waals surface area contributed by atoms with Gasteiger partial charge in [-0.1, -0.05) is 97.1 Å². The Morgan fingerprint density at radius 2 is 1.24 bits per heavy atom. The number of nitrogens with one attached hydrogen (secondary N) is 1. The Balaban J connectivity index is 1.82. The van der Waals surface area contributed by atoms with Crippen molar-refractivity contribution in [1.82, 2.24) is 5.32 Å². The molecule has 0 bridgehead atoms. The monoisotopic (exact) mass is 513 g/mol. The Morgan fingerprint density at radius 3 is 1.70 bits per heavy atom. The Morgan fingerprint density at radius 1 is 0.784 bits per heavy atom. The summed E-state index contributed by atoms with van der Waals surface area (Å²) in [6, 6.07) is 26.5. The van der Waals surface area contributed by atoms with Crippen LogP contribution >= 0.6 is 0 Å². The average molecular weight is 514 g/mol. The lowest BCUT2D eigenvalue weighted by atomic mass is 10.0. The minimum atomic E-state index is -5.07. The van der Waals surface area contributed by atoms with Crippen LogP contribution in [0.5, 0.6) is 0 Å². The largest absolute Gasteiger partial charge is 0.471 e. The molecule has 37 heavy (non-hydrogen) atoms. The molecule has 0 saturated carbocycles. The molecule has 0 aliphatic rings. The first-order valence-corrected chi connectivity index (χ1v) is 11.8. The lowest BCUT2D eigenvalue weighted by Gasteiger charge is -2.33. The van der Waals surface area contributed by atoms with E-state index in [1.54, 1.807) is 0 Å². The molecular formula is C29H30F3NO4. The highest BCUT2D eigenvalue weighted by molar-refractivity contribution is 5.82. The molecule has 8 heteroatoms. The van der Waals surface area contributed by atoms with Crippen LogP contribution in [0.25, 0.3) is 0 Å². The van der Waals surface area contributed by atoms with E-state index in [9.17, 15) is 18.0 Å². The highest BCUT2D eigenvalue weighted by Crippen LogP contribution is 2.20. The molecule has 3 aromatic carbocycles. The number of hydrogen-bond donors (Lipinski definition) is 1. The molecule has 5 nitrogen and oxygen atoms in total. The number of carbonyl (C=O) groups is 1. The summed E-state index contributed by atoms with van der Waals surface area (Å²) in [4.78, 5) is 12.0. The van der Waals surface area contributed by atoms with Gasteiger partial charge in [0.15, 0.2) is 0 Å². The summed E-state index contributed by atoms with van der Waals surface area (Å²) >= 11 is 0. The van der Waals surface area contributed by atoms with E-state index >= 15 is 0 Å². The fourth-order valence-corrected chi connectivity index (χ4v) is 3.62. The third kappa shape index (κ3) is 9.49. The van der Waals surface area contributed by atoms with Gasteiger partial charge in [-0.2, -0.15) is 13.2 Å². The predicted octanol–water partition coefficient (Wildman–Crippen LogP) is 5.61. The van der Waals surface area contributed by atoms with Crippen molar-refractivity contribution >= 4 is 5.91 Å². The first-order valence-electron chi connectivity index (χ1n) is 11.8. The minimum Gasteiger partial charge on any atom is -0.375 e. The van der Waals surface area contributed by atoms with Crippen molar-refractivity contribution < 1.29 is 32.2 Å². The molecule has 0 radical (unpaired) electrons. The van der Waals surface area contributed by atoms with Gasteiger partial charge in [0.2, 0.25) is 0 Å². The fourth-order valence-electron chi connectivity index (χ4n) is 3.62. The van der Waals surface area contributed by atoms with Crippen LogP contribution in [0, 0.1) is 0 Å². The van der Waals surface area contributed by atoms with Crippen molar-refractivity contribution in [2.24, 2.45) is 0 Å². The average Bonchev–Trinajstić information content (AvgIpc) is 2.91. The van der Waals surface area contributed by atoms with E-state index < -0.39 is 30.3 Å². The quantitative estimate of drug-likeness (QED) is 0.285. The number of ether oxygens (including phenoxy) is 3. The lowest BCUT2D eigenvalue weighted by molar-refractivity contribution is -0.177. The molecule has 1 amide bonds. The van der Waals surface area contributed by atoms with Gasteiger partial charge in [-0.3, -0.25) is 4.79 Å². The fraction of sp³-hybridized carbons (Fsp3) is 0.276. The second kappa shape index (κ2) is 14.3. The van der Waals surface area contributed by atoms with Gasteiger partial charge < -0.3 is 19.5 Å². The molecule has 3 rings (SSSR count). The summed E-state index contributed by atoms with van der Waals surface area (Å²) in [5.41, 5.74) is 2.52. The Bertz CT molecular complexity index is 1080. The van der Waals surface area contributed by atoms with E-state index in [1.165, 1.54) is 6.08 Å². The summed E-state index contributed by atoms with van der Waals surface area (Å²) in [5.74, 6) is -2.08. The Labute approximate surface area is 214 Å². The van der Waals surface area contributed by atoms with E-state index in [4.69, 9.17) is 14.2 Å². The van der Waals surface area contributed by atoms with Gasteiger partial charge in [-0.25, -0.2) is 0 Å². The normalized spacial score (nSPS) is 13.9. The maximum absolute atomic E-state index is 13.2. The van der Waals surface area contributed by atoms with Crippen molar-refractivity contribution in [2.75, 3.05) is 6.61 Å². The standard InChI is InChI=1S/C29H30F3NO4/c1-2-26(36-19-23-14-8-4-9-15-23)27(37-20-24-16-10-5-11-17-24)25(33-28(34)29(30,31)32)21-35-18-22-12-6-3-7-13-22/h2-17,25-27H,1,18-21H2,(H,33,34)/t25-,26+,27+/m1/s1. The van der Waals surface area contributed by atoms with Crippen LogP contribution in [0.2, 0.25) is 0 Å². The zero-order valence-electron chi connectivity index (χ0n) is 20.3. The topological polar surface area (TPSA) is 56.8 Å². The van der Waals surface area contributed by atoms with Crippen LogP contribution in [-0.4, -0.2) is 36.9 Å². The van der Waals surface area contributed by atoms with Crippen molar-refractivity contribution in [3.8, 4) is 0 Å². The molecule has 0 spiro atoms. The van der Waals surface area contributed by atoms with Crippen molar-refractivity contribution in [3.63, 3.8) is 0 Å². The molecular weight excluding hydrogens is 483 g/mol. The van der Waals surface area contributed by atoms with Crippen molar-refractivity contribution in [2.45, 2.75) is 44.2 Å². The molecule has 3 aromatic rings. The second-order valence-corrected chi connectivity index (χ2v) is 8.34. The van der Waals surface area contributed by atoms with Gasteiger partial charge in [0.25, 0.3) is 0 Å². The summed E-state index contributed by atoms with van der Waals surface area (Å²) < 4.78 is 57.5. The van der Waals surface area contributed by atoms with E-state index in [1.807, 2.05) is 91.0 Å². The third-order valence-corrected chi connectivity index (χ3v) is 5.51. The lowest BCUT2D eigenvalue weighted by Crippen LogP contribution is -2.55.